The average molecular weight is 193 g/mol. The van der Waals surface area contributed by atoms with Crippen LogP contribution in [0.15, 0.2) is 24.3 Å². The fraction of sp³-hybridized carbons (Fsp3) is 0. The SMILES string of the molecule is O=C(O)Oc1[nH]c2ccccc2c1O. The molecule has 72 valence electrons. The van der Waals surface area contributed by atoms with Crippen molar-refractivity contribution in [1.29, 1.82) is 0 Å². The molecular formula is C9H7NO4. The molecule has 5 heteroatoms. The number of para-hydroxylation sites is 1. The number of fused-ring (bicyclic) bond motifs is 1. The van der Waals surface area contributed by atoms with E-state index >= 15 is 0 Å². The first-order valence-electron chi connectivity index (χ1n) is 3.89. The molecule has 0 unspecified atom stereocenters. The van der Waals surface area contributed by atoms with E-state index in [2.05, 4.69) is 9.72 Å². The van der Waals surface area contributed by atoms with Crippen LogP contribution in [0.4, 0.5) is 4.79 Å². The molecule has 0 spiro atoms. The number of carboxylic acid groups (broad SMARTS) is 1. The summed E-state index contributed by atoms with van der Waals surface area (Å²) in [5.41, 5.74) is 0.626. The molecule has 0 fully saturated rings. The number of hydrogen-bond donors (Lipinski definition) is 3. The second-order valence-electron chi connectivity index (χ2n) is 2.72. The molecule has 0 aliphatic rings. The normalized spacial score (nSPS) is 10.3. The second-order valence-corrected chi connectivity index (χ2v) is 2.72. The fourth-order valence-electron chi connectivity index (χ4n) is 1.26. The summed E-state index contributed by atoms with van der Waals surface area (Å²) < 4.78 is 4.34. The van der Waals surface area contributed by atoms with Gasteiger partial charge in [0.2, 0.25) is 5.88 Å². The van der Waals surface area contributed by atoms with E-state index in [1.54, 1.807) is 24.3 Å². The van der Waals surface area contributed by atoms with Crippen molar-refractivity contribution in [2.24, 2.45) is 0 Å². The maximum absolute atomic E-state index is 10.2. The van der Waals surface area contributed by atoms with Crippen molar-refractivity contribution in [3.8, 4) is 11.6 Å². The monoisotopic (exact) mass is 193 g/mol. The lowest BCUT2D eigenvalue weighted by Gasteiger charge is -1.94. The van der Waals surface area contributed by atoms with E-state index in [0.717, 1.165) is 0 Å². The summed E-state index contributed by atoms with van der Waals surface area (Å²) in [6.07, 6.45) is -1.47. The number of aromatic amines is 1. The Morgan fingerprint density at radius 1 is 1.36 bits per heavy atom. The molecule has 1 heterocycles. The largest absolute Gasteiger partial charge is 0.512 e. The van der Waals surface area contributed by atoms with Crippen molar-refractivity contribution in [2.75, 3.05) is 0 Å². The molecular weight excluding hydrogens is 186 g/mol. The average Bonchev–Trinajstić information content (AvgIpc) is 2.44. The number of benzene rings is 1. The van der Waals surface area contributed by atoms with E-state index in [1.165, 1.54) is 0 Å². The summed E-state index contributed by atoms with van der Waals surface area (Å²) in [6, 6.07) is 6.88. The van der Waals surface area contributed by atoms with Crippen LogP contribution in [0.25, 0.3) is 10.9 Å². The molecule has 0 amide bonds. The summed E-state index contributed by atoms with van der Waals surface area (Å²) in [5.74, 6) is -0.346. The highest BCUT2D eigenvalue weighted by atomic mass is 16.7. The summed E-state index contributed by atoms with van der Waals surface area (Å²) in [7, 11) is 0. The van der Waals surface area contributed by atoms with Crippen molar-refractivity contribution in [2.45, 2.75) is 0 Å². The van der Waals surface area contributed by atoms with E-state index in [0.29, 0.717) is 10.9 Å². The summed E-state index contributed by atoms with van der Waals surface area (Å²) in [5, 5.41) is 18.4. The van der Waals surface area contributed by atoms with Gasteiger partial charge in [-0.25, -0.2) is 4.79 Å². The van der Waals surface area contributed by atoms with Crippen LogP contribution < -0.4 is 4.74 Å². The quantitative estimate of drug-likeness (QED) is 0.604. The number of H-pyrrole nitrogens is 1. The lowest BCUT2D eigenvalue weighted by Crippen LogP contribution is -2.02. The van der Waals surface area contributed by atoms with Gasteiger partial charge < -0.3 is 19.9 Å². The standard InChI is InChI=1S/C9H7NO4/c11-7-5-3-1-2-4-6(5)10-8(7)14-9(12)13/h1-4,10-11H,(H,12,13). The first kappa shape index (κ1) is 8.43. The Labute approximate surface area is 78.6 Å². The number of carbonyl (C=O) groups is 1. The second kappa shape index (κ2) is 2.95. The Balaban J connectivity index is 2.57. The van der Waals surface area contributed by atoms with Crippen LogP contribution in [0.2, 0.25) is 0 Å². The summed E-state index contributed by atoms with van der Waals surface area (Å²) >= 11 is 0. The highest BCUT2D eigenvalue weighted by molar-refractivity contribution is 5.89. The molecule has 0 aliphatic carbocycles. The van der Waals surface area contributed by atoms with Gasteiger partial charge >= 0.3 is 6.16 Å². The number of aromatic hydroxyl groups is 1. The summed E-state index contributed by atoms with van der Waals surface area (Å²) in [6.45, 7) is 0. The van der Waals surface area contributed by atoms with Crippen molar-refractivity contribution < 1.29 is 19.7 Å². The maximum Gasteiger partial charge on any atom is 0.512 e. The van der Waals surface area contributed by atoms with Crippen LogP contribution in [0, 0.1) is 0 Å². The van der Waals surface area contributed by atoms with Gasteiger partial charge in [-0.15, -0.1) is 0 Å². The number of ether oxygens (including phenoxy) is 1. The third kappa shape index (κ3) is 1.24. The first-order valence-corrected chi connectivity index (χ1v) is 3.89. The molecule has 14 heavy (non-hydrogen) atoms. The van der Waals surface area contributed by atoms with Gasteiger partial charge in [0.1, 0.15) is 0 Å². The Kier molecular flexibility index (Phi) is 1.78. The van der Waals surface area contributed by atoms with Gasteiger partial charge in [0.05, 0.1) is 5.52 Å². The summed E-state index contributed by atoms with van der Waals surface area (Å²) in [4.78, 5) is 12.9. The van der Waals surface area contributed by atoms with E-state index < -0.39 is 6.16 Å². The molecule has 5 nitrogen and oxygen atoms in total. The van der Waals surface area contributed by atoms with Gasteiger partial charge in [-0.05, 0) is 12.1 Å². The van der Waals surface area contributed by atoms with Crippen LogP contribution in [0.1, 0.15) is 0 Å². The molecule has 0 saturated heterocycles. The van der Waals surface area contributed by atoms with Gasteiger partial charge in [-0.2, -0.15) is 0 Å². The third-order valence-corrected chi connectivity index (χ3v) is 1.83. The number of nitrogens with one attached hydrogen (secondary N) is 1. The molecule has 1 aromatic carbocycles. The molecule has 2 aromatic rings. The zero-order valence-corrected chi connectivity index (χ0v) is 7.02. The molecule has 0 saturated carbocycles. The minimum atomic E-state index is -1.47. The maximum atomic E-state index is 10.2. The zero-order chi connectivity index (χ0) is 10.1. The lowest BCUT2D eigenvalue weighted by molar-refractivity contribution is 0.141. The molecule has 0 radical (unpaired) electrons. The van der Waals surface area contributed by atoms with Crippen LogP contribution in [0.5, 0.6) is 11.6 Å². The lowest BCUT2D eigenvalue weighted by atomic mass is 10.2. The smallest absolute Gasteiger partial charge is 0.503 e. The molecule has 0 aliphatic heterocycles. The Morgan fingerprint density at radius 3 is 2.71 bits per heavy atom. The topological polar surface area (TPSA) is 82.5 Å². The van der Waals surface area contributed by atoms with Crippen molar-refractivity contribution in [1.82, 2.24) is 4.98 Å². The molecule has 0 bridgehead atoms. The minimum absolute atomic E-state index is 0.154. The Bertz CT molecular complexity index is 489. The van der Waals surface area contributed by atoms with Gasteiger partial charge in [0, 0.05) is 5.39 Å². The Hall–Kier alpha value is -2.17. The van der Waals surface area contributed by atoms with Gasteiger partial charge in [-0.3, -0.25) is 0 Å². The van der Waals surface area contributed by atoms with Crippen molar-refractivity contribution in [3.63, 3.8) is 0 Å². The van der Waals surface area contributed by atoms with Crippen LogP contribution >= 0.6 is 0 Å². The van der Waals surface area contributed by atoms with E-state index in [4.69, 9.17) is 5.11 Å². The minimum Gasteiger partial charge on any atom is -0.503 e. The fourth-order valence-corrected chi connectivity index (χ4v) is 1.26. The van der Waals surface area contributed by atoms with E-state index in [-0.39, 0.29) is 11.6 Å². The van der Waals surface area contributed by atoms with Gasteiger partial charge in [0.15, 0.2) is 5.75 Å². The number of rotatable bonds is 1. The van der Waals surface area contributed by atoms with Crippen molar-refractivity contribution >= 4 is 17.1 Å². The predicted octanol–water partition coefficient (Wildman–Crippen LogP) is 1.93. The van der Waals surface area contributed by atoms with Gasteiger partial charge in [-0.1, -0.05) is 12.1 Å². The Morgan fingerprint density at radius 2 is 2.07 bits per heavy atom. The molecule has 3 N–H and O–H groups in total. The first-order chi connectivity index (χ1) is 6.68. The zero-order valence-electron chi connectivity index (χ0n) is 7.02. The molecule has 2 rings (SSSR count). The number of hydrogen-bond acceptors (Lipinski definition) is 3. The van der Waals surface area contributed by atoms with Crippen LogP contribution in [-0.2, 0) is 0 Å². The molecule has 1 aromatic heterocycles. The predicted molar refractivity (Wildman–Crippen MR) is 48.6 cm³/mol. The number of aromatic nitrogens is 1. The van der Waals surface area contributed by atoms with Gasteiger partial charge in [0.25, 0.3) is 0 Å². The van der Waals surface area contributed by atoms with E-state index in [9.17, 15) is 9.90 Å². The highest BCUT2D eigenvalue weighted by Gasteiger charge is 2.13. The third-order valence-electron chi connectivity index (χ3n) is 1.83. The van der Waals surface area contributed by atoms with Crippen LogP contribution in [-0.4, -0.2) is 21.4 Å². The highest BCUT2D eigenvalue weighted by Crippen LogP contribution is 2.34. The van der Waals surface area contributed by atoms with Crippen molar-refractivity contribution in [3.05, 3.63) is 24.3 Å². The van der Waals surface area contributed by atoms with E-state index in [1.807, 2.05) is 0 Å². The van der Waals surface area contributed by atoms with Crippen LogP contribution in [0.3, 0.4) is 0 Å². The molecule has 0 atom stereocenters.